The first-order chi connectivity index (χ1) is 16.0. The van der Waals surface area contributed by atoms with Crippen molar-refractivity contribution in [1.29, 1.82) is 0 Å². The van der Waals surface area contributed by atoms with E-state index in [1.54, 1.807) is 35.2 Å². The number of carbonyl (C=O) groups is 2. The highest BCUT2D eigenvalue weighted by Crippen LogP contribution is 2.46. The van der Waals surface area contributed by atoms with Gasteiger partial charge in [-0.2, -0.15) is 0 Å². The molecule has 0 bridgehead atoms. The van der Waals surface area contributed by atoms with Gasteiger partial charge in [0.1, 0.15) is 29.5 Å². The van der Waals surface area contributed by atoms with Gasteiger partial charge in [-0.1, -0.05) is 42.5 Å². The van der Waals surface area contributed by atoms with Gasteiger partial charge >= 0.3 is 11.9 Å². The average Bonchev–Trinajstić information content (AvgIpc) is 3.14. The van der Waals surface area contributed by atoms with Gasteiger partial charge in [0.05, 0.1) is 0 Å². The molecule has 5 rings (SSSR count). The van der Waals surface area contributed by atoms with Crippen LogP contribution in [-0.4, -0.2) is 42.0 Å². The first kappa shape index (κ1) is 21.2. The molecule has 0 aromatic heterocycles. The van der Waals surface area contributed by atoms with E-state index in [9.17, 15) is 18.4 Å². The van der Waals surface area contributed by atoms with E-state index in [-0.39, 0.29) is 13.1 Å². The predicted molar refractivity (Wildman–Crippen MR) is 114 cm³/mol. The van der Waals surface area contributed by atoms with Crippen molar-refractivity contribution < 1.29 is 27.8 Å². The summed E-state index contributed by atoms with van der Waals surface area (Å²) in [6.45, 7) is 0.445. The van der Waals surface area contributed by atoms with E-state index in [4.69, 9.17) is 9.47 Å². The van der Waals surface area contributed by atoms with Crippen molar-refractivity contribution in [2.24, 2.45) is 0 Å². The fourth-order valence-corrected chi connectivity index (χ4v) is 4.48. The molecule has 6 nitrogen and oxygen atoms in total. The number of fused-ring (bicyclic) bond motifs is 1. The summed E-state index contributed by atoms with van der Waals surface area (Å²) in [5, 5.41) is 3.10. The molecule has 3 aromatic carbocycles. The highest BCUT2D eigenvalue weighted by Gasteiger charge is 2.61. The first-order valence-corrected chi connectivity index (χ1v) is 10.5. The molecule has 33 heavy (non-hydrogen) atoms. The zero-order valence-electron chi connectivity index (χ0n) is 17.4. The van der Waals surface area contributed by atoms with Crippen molar-refractivity contribution >= 4 is 11.9 Å². The normalized spacial score (nSPS) is 21.8. The van der Waals surface area contributed by atoms with E-state index in [2.05, 4.69) is 5.32 Å². The lowest BCUT2D eigenvalue weighted by Gasteiger charge is -2.44. The molecule has 2 aliphatic heterocycles. The Hall–Kier alpha value is -3.62. The van der Waals surface area contributed by atoms with Gasteiger partial charge < -0.3 is 14.8 Å². The van der Waals surface area contributed by atoms with Crippen LogP contribution in [0.25, 0.3) is 0 Å². The number of halogens is 2. The second-order valence-electron chi connectivity index (χ2n) is 7.91. The van der Waals surface area contributed by atoms with Crippen LogP contribution in [0.4, 0.5) is 8.78 Å². The van der Waals surface area contributed by atoms with Crippen molar-refractivity contribution in [3.05, 3.63) is 102 Å². The molecule has 0 radical (unpaired) electrons. The van der Waals surface area contributed by atoms with Crippen LogP contribution in [0.1, 0.15) is 11.1 Å². The lowest BCUT2D eigenvalue weighted by molar-refractivity contribution is -0.157. The summed E-state index contributed by atoms with van der Waals surface area (Å²) in [6.07, 6.45) is 0. The second-order valence-corrected chi connectivity index (χ2v) is 7.91. The lowest BCUT2D eigenvalue weighted by atomic mass is 9.90. The number of carbonyl (C=O) groups excluding carboxylic acids is 2. The Morgan fingerprint density at radius 2 is 1.48 bits per heavy atom. The lowest BCUT2D eigenvalue weighted by Crippen LogP contribution is -2.64. The van der Waals surface area contributed by atoms with Crippen LogP contribution in [0.2, 0.25) is 0 Å². The van der Waals surface area contributed by atoms with Crippen LogP contribution in [0.15, 0.2) is 78.9 Å². The van der Waals surface area contributed by atoms with E-state index >= 15 is 0 Å². The van der Waals surface area contributed by atoms with Crippen LogP contribution in [-0.2, 0) is 20.1 Å². The van der Waals surface area contributed by atoms with Gasteiger partial charge in [-0.25, -0.2) is 18.5 Å². The third-order valence-electron chi connectivity index (χ3n) is 5.94. The topological polar surface area (TPSA) is 67.9 Å². The zero-order chi connectivity index (χ0) is 23.0. The van der Waals surface area contributed by atoms with Gasteiger partial charge in [0, 0.05) is 24.2 Å². The molecular weight excluding hydrogens is 430 g/mol. The highest BCUT2D eigenvalue weighted by molar-refractivity contribution is 5.85. The molecule has 2 aliphatic rings. The Morgan fingerprint density at radius 3 is 2.06 bits per heavy atom. The quantitative estimate of drug-likeness (QED) is 0.487. The minimum absolute atomic E-state index is 0.197. The van der Waals surface area contributed by atoms with E-state index in [0.717, 1.165) is 0 Å². The van der Waals surface area contributed by atoms with Gasteiger partial charge in [-0.15, -0.1) is 0 Å². The highest BCUT2D eigenvalue weighted by atomic mass is 19.1. The van der Waals surface area contributed by atoms with Crippen molar-refractivity contribution in [3.63, 3.8) is 0 Å². The van der Waals surface area contributed by atoms with Crippen molar-refractivity contribution in [1.82, 2.24) is 10.2 Å². The maximum absolute atomic E-state index is 13.8. The summed E-state index contributed by atoms with van der Waals surface area (Å²) in [5.74, 6) is -1.69. The summed E-state index contributed by atoms with van der Waals surface area (Å²) < 4.78 is 39.1. The van der Waals surface area contributed by atoms with E-state index in [0.29, 0.717) is 16.9 Å². The van der Waals surface area contributed by atoms with Gasteiger partial charge in [0.15, 0.2) is 0 Å². The second kappa shape index (κ2) is 8.38. The Balaban J connectivity index is 1.64. The Kier molecular flexibility index (Phi) is 5.39. The summed E-state index contributed by atoms with van der Waals surface area (Å²) in [6, 6.07) is 17.9. The maximum Gasteiger partial charge on any atom is 0.330 e. The number of esters is 2. The molecule has 2 unspecified atom stereocenters. The van der Waals surface area contributed by atoms with E-state index in [1.807, 2.05) is 0 Å². The number of nitrogens with zero attached hydrogens (tertiary/aromatic N) is 1. The van der Waals surface area contributed by atoms with Crippen molar-refractivity contribution in [3.8, 4) is 5.75 Å². The molecule has 2 heterocycles. The minimum atomic E-state index is -1.56. The van der Waals surface area contributed by atoms with Crippen molar-refractivity contribution in [2.45, 2.75) is 17.8 Å². The zero-order valence-corrected chi connectivity index (χ0v) is 17.4. The summed E-state index contributed by atoms with van der Waals surface area (Å²) in [7, 11) is 0. The van der Waals surface area contributed by atoms with Crippen LogP contribution in [0.5, 0.6) is 5.75 Å². The maximum atomic E-state index is 13.8. The molecule has 0 amide bonds. The van der Waals surface area contributed by atoms with Gasteiger partial charge in [-0.3, -0.25) is 4.79 Å². The number of rotatable bonds is 4. The molecule has 1 N–H and O–H groups in total. The number of hydrogen-bond acceptors (Lipinski definition) is 6. The molecule has 0 spiro atoms. The van der Waals surface area contributed by atoms with Gasteiger partial charge in [0.25, 0.3) is 0 Å². The molecule has 0 saturated carbocycles. The van der Waals surface area contributed by atoms with Crippen LogP contribution >= 0.6 is 0 Å². The monoisotopic (exact) mass is 450 g/mol. The molecule has 8 heteroatoms. The summed E-state index contributed by atoms with van der Waals surface area (Å²) >= 11 is 0. The first-order valence-electron chi connectivity index (χ1n) is 10.5. The van der Waals surface area contributed by atoms with E-state index < -0.39 is 41.4 Å². The van der Waals surface area contributed by atoms with Gasteiger partial charge in [0.2, 0.25) is 5.72 Å². The Morgan fingerprint density at radius 1 is 0.909 bits per heavy atom. The molecule has 168 valence electrons. The molecule has 2 saturated heterocycles. The fraction of sp³-hybridized carbons (Fsp3) is 0.200. The van der Waals surface area contributed by atoms with Crippen LogP contribution < -0.4 is 10.1 Å². The molecule has 2 fully saturated rings. The number of ether oxygens (including phenoxy) is 2. The smallest absolute Gasteiger partial charge is 0.330 e. The largest absolute Gasteiger partial charge is 0.434 e. The number of cyclic esters (lactones) is 1. The number of nitrogens with one attached hydrogen (secondary N) is 1. The molecule has 3 aromatic rings. The molecular formula is C25H20F2N2O4. The Bertz CT molecular complexity index is 1120. The average molecular weight is 450 g/mol. The molecule has 0 aliphatic carbocycles. The third kappa shape index (κ3) is 3.67. The fourth-order valence-electron chi connectivity index (χ4n) is 4.48. The number of benzene rings is 3. The van der Waals surface area contributed by atoms with Crippen LogP contribution in [0, 0.1) is 11.6 Å². The van der Waals surface area contributed by atoms with Gasteiger partial charge in [-0.05, 0) is 36.4 Å². The predicted octanol–water partition coefficient (Wildman–Crippen LogP) is 2.97. The Labute approximate surface area is 188 Å². The number of para-hydroxylation sites is 1. The SMILES string of the molecule is O=C(Oc1ccccc1)C1CNCC2C(=O)OC(c3ccc(F)cc3)(c3ccc(F)cc3)N12. The minimum Gasteiger partial charge on any atom is -0.434 e. The number of piperazine rings is 1. The van der Waals surface area contributed by atoms with E-state index in [1.165, 1.54) is 48.5 Å². The standard InChI is InChI=1S/C25H20F2N2O4/c26-18-10-6-16(7-11-18)25(17-8-12-19(27)13-9-17)29-21(14-28-15-22(29)24(31)33-25)23(30)32-20-4-2-1-3-5-20/h1-13,21-22,28H,14-15H2. The summed E-state index contributed by atoms with van der Waals surface area (Å²) in [5.41, 5.74) is -0.692. The van der Waals surface area contributed by atoms with Crippen molar-refractivity contribution in [2.75, 3.05) is 13.1 Å². The summed E-state index contributed by atoms with van der Waals surface area (Å²) in [4.78, 5) is 28.0. The van der Waals surface area contributed by atoms with Crippen LogP contribution in [0.3, 0.4) is 0 Å². The molecule has 2 atom stereocenters. The number of hydrogen-bond donors (Lipinski definition) is 1. The third-order valence-corrected chi connectivity index (χ3v) is 5.94.